The van der Waals surface area contributed by atoms with Crippen LogP contribution in [0.25, 0.3) is 0 Å². The van der Waals surface area contributed by atoms with E-state index in [0.29, 0.717) is 27.3 Å². The van der Waals surface area contributed by atoms with Crippen molar-refractivity contribution in [2.45, 2.75) is 24.7 Å². The van der Waals surface area contributed by atoms with Crippen LogP contribution in [0.15, 0.2) is 47.4 Å². The number of hydrogen-bond acceptors (Lipinski definition) is 2. The van der Waals surface area contributed by atoms with Crippen LogP contribution in [0.4, 0.5) is 0 Å². The molecular formula is C17H16Cl2OS. The van der Waals surface area contributed by atoms with Gasteiger partial charge in [0.05, 0.1) is 10.8 Å². The molecule has 0 aliphatic rings. The van der Waals surface area contributed by atoms with E-state index in [9.17, 15) is 4.79 Å². The third-order valence-corrected chi connectivity index (χ3v) is 4.71. The summed E-state index contributed by atoms with van der Waals surface area (Å²) < 4.78 is 0. The highest BCUT2D eigenvalue weighted by Gasteiger charge is 2.11. The van der Waals surface area contributed by atoms with E-state index in [-0.39, 0.29) is 5.78 Å². The third kappa shape index (κ3) is 4.50. The number of benzene rings is 2. The summed E-state index contributed by atoms with van der Waals surface area (Å²) in [5.74, 6) is 0.885. The van der Waals surface area contributed by atoms with Gasteiger partial charge >= 0.3 is 0 Å². The summed E-state index contributed by atoms with van der Waals surface area (Å²) in [6.07, 6.45) is 0. The molecule has 0 bridgehead atoms. The van der Waals surface area contributed by atoms with Gasteiger partial charge in [0.2, 0.25) is 0 Å². The molecular weight excluding hydrogens is 323 g/mol. The molecule has 0 saturated heterocycles. The third-order valence-electron chi connectivity index (χ3n) is 3.15. The van der Waals surface area contributed by atoms with Crippen molar-refractivity contribution >= 4 is 40.7 Å². The Balaban J connectivity index is 2.00. The van der Waals surface area contributed by atoms with Crippen molar-refractivity contribution in [3.8, 4) is 0 Å². The fraction of sp³-hybridized carbons (Fsp3) is 0.235. The Morgan fingerprint density at radius 1 is 1.10 bits per heavy atom. The minimum absolute atomic E-state index is 0.00889. The first-order chi connectivity index (χ1) is 9.97. The number of carbonyl (C=O) groups is 1. The summed E-state index contributed by atoms with van der Waals surface area (Å²) in [5.41, 5.74) is 1.82. The highest BCUT2D eigenvalue weighted by molar-refractivity contribution is 8.00. The maximum Gasteiger partial charge on any atom is 0.174 e. The van der Waals surface area contributed by atoms with Crippen LogP contribution in [-0.4, -0.2) is 11.5 Å². The first-order valence-electron chi connectivity index (χ1n) is 6.68. The van der Waals surface area contributed by atoms with E-state index in [1.807, 2.05) is 0 Å². The van der Waals surface area contributed by atoms with Crippen molar-refractivity contribution in [1.82, 2.24) is 0 Å². The van der Waals surface area contributed by atoms with Crippen LogP contribution in [0.5, 0.6) is 0 Å². The first-order valence-corrected chi connectivity index (χ1v) is 8.42. The van der Waals surface area contributed by atoms with Crippen LogP contribution in [-0.2, 0) is 0 Å². The molecule has 0 N–H and O–H groups in total. The van der Waals surface area contributed by atoms with Gasteiger partial charge in [0.15, 0.2) is 5.78 Å². The van der Waals surface area contributed by atoms with Crippen LogP contribution in [0.1, 0.15) is 35.7 Å². The van der Waals surface area contributed by atoms with Crippen molar-refractivity contribution < 1.29 is 4.79 Å². The molecule has 4 heteroatoms. The normalized spacial score (nSPS) is 10.9. The molecule has 2 rings (SSSR count). The molecule has 1 nitrogen and oxygen atoms in total. The molecule has 2 aromatic carbocycles. The first kappa shape index (κ1) is 16.4. The molecule has 0 aliphatic heterocycles. The average Bonchev–Trinajstić information content (AvgIpc) is 2.45. The number of halogens is 2. The Hall–Kier alpha value is -0.960. The monoisotopic (exact) mass is 338 g/mol. The Morgan fingerprint density at radius 3 is 2.33 bits per heavy atom. The minimum atomic E-state index is 0.00889. The Bertz CT molecular complexity index is 636. The van der Waals surface area contributed by atoms with Crippen LogP contribution in [0.2, 0.25) is 10.0 Å². The fourth-order valence-electron chi connectivity index (χ4n) is 1.89. The average molecular weight is 339 g/mol. The number of thioether (sulfide) groups is 1. The lowest BCUT2D eigenvalue weighted by Gasteiger charge is -2.07. The van der Waals surface area contributed by atoms with Gasteiger partial charge in [-0.2, -0.15) is 0 Å². The second kappa shape index (κ2) is 7.35. The predicted molar refractivity (Wildman–Crippen MR) is 92.0 cm³/mol. The van der Waals surface area contributed by atoms with Gasteiger partial charge in [-0.05, 0) is 41.8 Å². The predicted octanol–water partition coefficient (Wildman–Crippen LogP) is 6.09. The zero-order chi connectivity index (χ0) is 15.4. The number of hydrogen-bond donors (Lipinski definition) is 0. The molecule has 0 amide bonds. The summed E-state index contributed by atoms with van der Waals surface area (Å²) in [5, 5.41) is 0.941. The molecule has 0 saturated carbocycles. The van der Waals surface area contributed by atoms with Gasteiger partial charge in [-0.25, -0.2) is 0 Å². The van der Waals surface area contributed by atoms with E-state index < -0.39 is 0 Å². The molecule has 0 fully saturated rings. The van der Waals surface area contributed by atoms with Crippen molar-refractivity contribution in [3.63, 3.8) is 0 Å². The zero-order valence-corrected chi connectivity index (χ0v) is 14.2. The lowest BCUT2D eigenvalue weighted by atomic mass is 10.0. The molecule has 0 aromatic heterocycles. The maximum atomic E-state index is 12.2. The molecule has 0 heterocycles. The number of Topliss-reactive ketones (excluding diaryl/α,β-unsaturated/α-hetero) is 1. The molecule has 0 spiro atoms. The lowest BCUT2D eigenvalue weighted by molar-refractivity contribution is 0.102. The van der Waals surface area contributed by atoms with Crippen molar-refractivity contribution in [2.24, 2.45) is 0 Å². The second-order valence-corrected chi connectivity index (χ2v) is 6.95. The largest absolute Gasteiger partial charge is 0.293 e. The van der Waals surface area contributed by atoms with Gasteiger partial charge in [0.25, 0.3) is 0 Å². The summed E-state index contributed by atoms with van der Waals surface area (Å²) in [7, 11) is 0. The molecule has 0 radical (unpaired) electrons. The van der Waals surface area contributed by atoms with Gasteiger partial charge in [-0.3, -0.25) is 4.79 Å². The summed E-state index contributed by atoms with van der Waals surface area (Å²) >= 11 is 13.4. The van der Waals surface area contributed by atoms with Crippen LogP contribution >= 0.6 is 35.0 Å². The standard InChI is InChI=1S/C17H16Cl2OS/c1-11(2)12-3-6-14(7-4-12)21-10-17(20)15-8-5-13(18)9-16(15)19/h3-9,11H,10H2,1-2H3. The molecule has 0 atom stereocenters. The summed E-state index contributed by atoms with van der Waals surface area (Å²) in [6, 6.07) is 13.3. The van der Waals surface area contributed by atoms with Gasteiger partial charge in [0.1, 0.15) is 0 Å². The molecule has 0 unspecified atom stereocenters. The van der Waals surface area contributed by atoms with Gasteiger partial charge in [0, 0.05) is 15.5 Å². The van der Waals surface area contributed by atoms with Gasteiger partial charge < -0.3 is 0 Å². The summed E-state index contributed by atoms with van der Waals surface area (Å²) in [6.45, 7) is 4.32. The minimum Gasteiger partial charge on any atom is -0.293 e. The van der Waals surface area contributed by atoms with Crippen LogP contribution < -0.4 is 0 Å². The quantitative estimate of drug-likeness (QED) is 0.484. The van der Waals surface area contributed by atoms with Crippen LogP contribution in [0, 0.1) is 0 Å². The van der Waals surface area contributed by atoms with Crippen LogP contribution in [0.3, 0.4) is 0 Å². The second-order valence-electron chi connectivity index (χ2n) is 5.06. The highest BCUT2D eigenvalue weighted by atomic mass is 35.5. The van der Waals surface area contributed by atoms with Crippen molar-refractivity contribution in [2.75, 3.05) is 5.75 Å². The lowest BCUT2D eigenvalue weighted by Crippen LogP contribution is -2.03. The van der Waals surface area contributed by atoms with Crippen molar-refractivity contribution in [3.05, 3.63) is 63.6 Å². The number of rotatable bonds is 5. The molecule has 2 aromatic rings. The Labute approximate surface area is 139 Å². The van der Waals surface area contributed by atoms with E-state index in [1.165, 1.54) is 17.3 Å². The number of ketones is 1. The molecule has 21 heavy (non-hydrogen) atoms. The topological polar surface area (TPSA) is 17.1 Å². The SMILES string of the molecule is CC(C)c1ccc(SCC(=O)c2ccc(Cl)cc2Cl)cc1. The molecule has 110 valence electrons. The van der Waals surface area contributed by atoms with Gasteiger partial charge in [-0.15, -0.1) is 11.8 Å². The van der Waals surface area contributed by atoms with E-state index in [0.717, 1.165) is 4.90 Å². The van der Waals surface area contributed by atoms with E-state index in [4.69, 9.17) is 23.2 Å². The zero-order valence-electron chi connectivity index (χ0n) is 11.9. The number of carbonyl (C=O) groups excluding carboxylic acids is 1. The smallest absolute Gasteiger partial charge is 0.174 e. The Kier molecular flexibility index (Phi) is 5.74. The van der Waals surface area contributed by atoms with Crippen molar-refractivity contribution in [1.29, 1.82) is 0 Å². The Morgan fingerprint density at radius 2 is 1.76 bits per heavy atom. The van der Waals surface area contributed by atoms with E-state index in [1.54, 1.807) is 18.2 Å². The highest BCUT2D eigenvalue weighted by Crippen LogP contribution is 2.25. The van der Waals surface area contributed by atoms with Gasteiger partial charge in [-0.1, -0.05) is 49.2 Å². The molecule has 0 aliphatic carbocycles. The maximum absolute atomic E-state index is 12.2. The summed E-state index contributed by atoms with van der Waals surface area (Å²) in [4.78, 5) is 13.3. The van der Waals surface area contributed by atoms with E-state index in [2.05, 4.69) is 38.1 Å². The fourth-order valence-corrected chi connectivity index (χ4v) is 3.19. The van der Waals surface area contributed by atoms with E-state index >= 15 is 0 Å².